The van der Waals surface area contributed by atoms with Crippen LogP contribution >= 0.6 is 0 Å². The van der Waals surface area contributed by atoms with Gasteiger partial charge in [0.25, 0.3) is 0 Å². The highest BCUT2D eigenvalue weighted by atomic mass is 16.3. The Labute approximate surface area is 134 Å². The monoisotopic (exact) mass is 302 g/mol. The molecule has 1 N–H and O–H groups in total. The van der Waals surface area contributed by atoms with Crippen LogP contribution in [0.2, 0.25) is 0 Å². The van der Waals surface area contributed by atoms with E-state index in [9.17, 15) is 9.90 Å². The third kappa shape index (κ3) is 2.06. The van der Waals surface area contributed by atoms with Crippen LogP contribution in [-0.2, 0) is 4.79 Å². The Bertz CT molecular complexity index is 506. The van der Waals surface area contributed by atoms with Gasteiger partial charge in [0.2, 0.25) is 0 Å². The fourth-order valence-corrected chi connectivity index (χ4v) is 7.01. The van der Waals surface area contributed by atoms with Gasteiger partial charge in [-0.15, -0.1) is 0 Å². The van der Waals surface area contributed by atoms with E-state index < -0.39 is 0 Å². The molecule has 4 rings (SSSR count). The van der Waals surface area contributed by atoms with Crippen molar-refractivity contribution < 1.29 is 9.90 Å². The largest absolute Gasteiger partial charge is 0.393 e. The minimum Gasteiger partial charge on any atom is -0.393 e. The standard InChI is InChI=1S/C20H30O2/c1-12(21)18-7-8-19-17-5-3-13-11-14(22)4-6-15(13)16(17)9-10-20(18,19)2/h11-12,15-19,21H,3-10H2,1-2H3. The van der Waals surface area contributed by atoms with Crippen molar-refractivity contribution in [2.75, 3.05) is 0 Å². The van der Waals surface area contributed by atoms with Crippen molar-refractivity contribution in [1.82, 2.24) is 0 Å². The van der Waals surface area contributed by atoms with Gasteiger partial charge in [0.05, 0.1) is 6.10 Å². The second-order valence-corrected chi connectivity index (χ2v) is 8.77. The molecule has 7 unspecified atom stereocenters. The number of fused-ring (bicyclic) bond motifs is 5. The van der Waals surface area contributed by atoms with Crippen molar-refractivity contribution >= 4 is 5.78 Å². The molecule has 22 heavy (non-hydrogen) atoms. The van der Waals surface area contributed by atoms with Crippen LogP contribution in [0.25, 0.3) is 0 Å². The summed E-state index contributed by atoms with van der Waals surface area (Å²) in [6.07, 6.45) is 11.3. The van der Waals surface area contributed by atoms with Gasteiger partial charge < -0.3 is 5.11 Å². The summed E-state index contributed by atoms with van der Waals surface area (Å²) >= 11 is 0. The number of rotatable bonds is 1. The molecule has 0 aromatic carbocycles. The Morgan fingerprint density at radius 2 is 1.95 bits per heavy atom. The minimum atomic E-state index is -0.155. The van der Waals surface area contributed by atoms with Crippen LogP contribution in [0.15, 0.2) is 11.6 Å². The molecule has 0 aromatic rings. The molecule has 3 fully saturated rings. The van der Waals surface area contributed by atoms with Gasteiger partial charge >= 0.3 is 0 Å². The highest BCUT2D eigenvalue weighted by Gasteiger charge is 2.56. The summed E-state index contributed by atoms with van der Waals surface area (Å²) in [5.41, 5.74) is 1.84. The van der Waals surface area contributed by atoms with E-state index in [1.807, 2.05) is 13.0 Å². The van der Waals surface area contributed by atoms with Gasteiger partial charge in [0, 0.05) is 6.42 Å². The molecular weight excluding hydrogens is 272 g/mol. The molecule has 0 spiro atoms. The Hall–Kier alpha value is -0.630. The van der Waals surface area contributed by atoms with Gasteiger partial charge in [0.15, 0.2) is 5.78 Å². The second-order valence-electron chi connectivity index (χ2n) is 8.77. The number of ketones is 1. The van der Waals surface area contributed by atoms with E-state index in [1.165, 1.54) is 37.7 Å². The molecule has 0 heterocycles. The number of aliphatic hydroxyl groups excluding tert-OH is 1. The normalized spacial score (nSPS) is 49.0. The fraction of sp³-hybridized carbons (Fsp3) is 0.850. The maximum absolute atomic E-state index is 11.7. The maximum atomic E-state index is 11.7. The molecule has 0 saturated heterocycles. The van der Waals surface area contributed by atoms with Crippen LogP contribution in [-0.4, -0.2) is 17.0 Å². The summed E-state index contributed by atoms with van der Waals surface area (Å²) in [7, 11) is 0. The van der Waals surface area contributed by atoms with E-state index in [-0.39, 0.29) is 6.10 Å². The highest BCUT2D eigenvalue weighted by Crippen LogP contribution is 2.64. The fourth-order valence-electron chi connectivity index (χ4n) is 7.01. The van der Waals surface area contributed by atoms with E-state index in [0.717, 1.165) is 37.0 Å². The first-order chi connectivity index (χ1) is 10.5. The van der Waals surface area contributed by atoms with Crippen LogP contribution in [0.5, 0.6) is 0 Å². The Morgan fingerprint density at radius 3 is 2.73 bits per heavy atom. The van der Waals surface area contributed by atoms with Gasteiger partial charge in [-0.2, -0.15) is 0 Å². The summed E-state index contributed by atoms with van der Waals surface area (Å²) in [6.45, 7) is 4.47. The van der Waals surface area contributed by atoms with E-state index in [4.69, 9.17) is 0 Å². The molecule has 4 aliphatic rings. The minimum absolute atomic E-state index is 0.155. The number of hydrogen-bond acceptors (Lipinski definition) is 2. The molecule has 0 aromatic heterocycles. The van der Waals surface area contributed by atoms with Crippen molar-refractivity contribution in [2.45, 2.75) is 71.3 Å². The first kappa shape index (κ1) is 14.9. The predicted molar refractivity (Wildman–Crippen MR) is 87.3 cm³/mol. The molecule has 2 heteroatoms. The molecule has 3 saturated carbocycles. The lowest BCUT2D eigenvalue weighted by atomic mass is 9.51. The van der Waals surface area contributed by atoms with E-state index in [1.54, 1.807) is 0 Å². The van der Waals surface area contributed by atoms with Gasteiger partial charge in [-0.05, 0) is 93.0 Å². The first-order valence-electron chi connectivity index (χ1n) is 9.42. The number of carbonyl (C=O) groups excluding carboxylic acids is 1. The maximum Gasteiger partial charge on any atom is 0.155 e. The van der Waals surface area contributed by atoms with Crippen molar-refractivity contribution in [3.05, 3.63) is 11.6 Å². The van der Waals surface area contributed by atoms with Crippen LogP contribution in [0, 0.1) is 35.0 Å². The van der Waals surface area contributed by atoms with Crippen LogP contribution < -0.4 is 0 Å². The van der Waals surface area contributed by atoms with Gasteiger partial charge in [0.1, 0.15) is 0 Å². The lowest BCUT2D eigenvalue weighted by Gasteiger charge is -2.54. The van der Waals surface area contributed by atoms with Crippen LogP contribution in [0.4, 0.5) is 0 Å². The number of carbonyl (C=O) groups is 1. The number of allylic oxidation sites excluding steroid dienone is 1. The van der Waals surface area contributed by atoms with Gasteiger partial charge in [-0.1, -0.05) is 12.5 Å². The predicted octanol–water partition coefficient (Wildman–Crippen LogP) is 4.13. The van der Waals surface area contributed by atoms with Crippen molar-refractivity contribution in [1.29, 1.82) is 0 Å². The summed E-state index contributed by atoms with van der Waals surface area (Å²) in [4.78, 5) is 11.7. The molecule has 0 bridgehead atoms. The number of hydrogen-bond donors (Lipinski definition) is 1. The smallest absolute Gasteiger partial charge is 0.155 e. The van der Waals surface area contributed by atoms with E-state index in [2.05, 4.69) is 6.92 Å². The Morgan fingerprint density at radius 1 is 1.14 bits per heavy atom. The lowest BCUT2D eigenvalue weighted by Crippen LogP contribution is -2.47. The van der Waals surface area contributed by atoms with E-state index in [0.29, 0.717) is 23.0 Å². The molecular formula is C20H30O2. The van der Waals surface area contributed by atoms with Crippen molar-refractivity contribution in [3.63, 3.8) is 0 Å². The molecule has 0 radical (unpaired) electrons. The average Bonchev–Trinajstić information content (AvgIpc) is 2.84. The van der Waals surface area contributed by atoms with Crippen molar-refractivity contribution in [2.24, 2.45) is 35.0 Å². The summed E-state index contributed by atoms with van der Waals surface area (Å²) in [6, 6.07) is 0. The quantitative estimate of drug-likeness (QED) is 0.791. The summed E-state index contributed by atoms with van der Waals surface area (Å²) in [5.74, 6) is 4.04. The number of aliphatic hydroxyl groups is 1. The first-order valence-corrected chi connectivity index (χ1v) is 9.42. The molecule has 122 valence electrons. The van der Waals surface area contributed by atoms with E-state index >= 15 is 0 Å². The zero-order valence-corrected chi connectivity index (χ0v) is 14.1. The van der Waals surface area contributed by atoms with Gasteiger partial charge in [-0.3, -0.25) is 4.79 Å². The van der Waals surface area contributed by atoms with Crippen LogP contribution in [0.3, 0.4) is 0 Å². The summed E-state index contributed by atoms with van der Waals surface area (Å²) in [5, 5.41) is 10.2. The van der Waals surface area contributed by atoms with Crippen LogP contribution in [0.1, 0.15) is 65.2 Å². The third-order valence-corrected chi connectivity index (χ3v) is 7.96. The average molecular weight is 302 g/mol. The molecule has 0 amide bonds. The molecule has 7 atom stereocenters. The second kappa shape index (κ2) is 5.19. The Kier molecular flexibility index (Phi) is 3.52. The zero-order chi connectivity index (χ0) is 15.5. The lowest BCUT2D eigenvalue weighted by molar-refractivity contribution is -0.116. The Balaban J connectivity index is 1.61. The van der Waals surface area contributed by atoms with Crippen molar-refractivity contribution in [3.8, 4) is 0 Å². The highest BCUT2D eigenvalue weighted by molar-refractivity contribution is 5.91. The SMILES string of the molecule is CC(O)C1CCC2C3CCC4=CC(=O)CCC4C3CCC12C. The molecule has 2 nitrogen and oxygen atoms in total. The molecule has 0 aliphatic heterocycles. The topological polar surface area (TPSA) is 37.3 Å². The zero-order valence-electron chi connectivity index (χ0n) is 14.1. The third-order valence-electron chi connectivity index (χ3n) is 7.96. The van der Waals surface area contributed by atoms with Gasteiger partial charge in [-0.25, -0.2) is 0 Å². The summed E-state index contributed by atoms with van der Waals surface area (Å²) < 4.78 is 0. The molecule has 4 aliphatic carbocycles.